The van der Waals surface area contributed by atoms with E-state index < -0.39 is 6.10 Å². The average Bonchev–Trinajstić information content (AvgIpc) is 2.55. The van der Waals surface area contributed by atoms with Crippen LogP contribution in [0.5, 0.6) is 0 Å². The Balaban J connectivity index is 2.45. The maximum Gasteiger partial charge on any atom is 0.136 e. The van der Waals surface area contributed by atoms with E-state index >= 15 is 0 Å². The maximum absolute atomic E-state index is 10.1. The van der Waals surface area contributed by atoms with E-state index in [1.54, 1.807) is 6.07 Å². The third kappa shape index (κ3) is 2.48. The van der Waals surface area contributed by atoms with Crippen molar-refractivity contribution >= 4 is 22.6 Å². The van der Waals surface area contributed by atoms with Crippen LogP contribution in [0.3, 0.4) is 0 Å². The highest BCUT2D eigenvalue weighted by atomic mass is 35.5. The Bertz CT molecular complexity index is 528. The van der Waals surface area contributed by atoms with Gasteiger partial charge in [-0.15, -0.1) is 0 Å². The van der Waals surface area contributed by atoms with Gasteiger partial charge in [0.1, 0.15) is 17.4 Å². The molecule has 2 aromatic rings. The van der Waals surface area contributed by atoms with Crippen LogP contribution in [0.1, 0.15) is 37.7 Å². The van der Waals surface area contributed by atoms with Crippen molar-refractivity contribution in [3.05, 3.63) is 34.5 Å². The van der Waals surface area contributed by atoms with Gasteiger partial charge in [0.05, 0.1) is 0 Å². The molecule has 0 bridgehead atoms. The zero-order chi connectivity index (χ0) is 12.6. The molecule has 1 atom stereocenters. The van der Waals surface area contributed by atoms with Gasteiger partial charge in [-0.2, -0.15) is 0 Å². The Hall–Kier alpha value is -0.990. The molecule has 1 aromatic carbocycles. The largest absolute Gasteiger partial charge is 0.458 e. The molecule has 1 heterocycles. The minimum atomic E-state index is -0.541. The van der Waals surface area contributed by atoms with Gasteiger partial charge in [-0.25, -0.2) is 0 Å². The highest BCUT2D eigenvalue weighted by Gasteiger charge is 2.19. The minimum Gasteiger partial charge on any atom is -0.458 e. The fourth-order valence-electron chi connectivity index (χ4n) is 2.08. The molecule has 0 fully saturated rings. The molecule has 2 rings (SSSR count). The van der Waals surface area contributed by atoms with E-state index in [4.69, 9.17) is 16.0 Å². The quantitative estimate of drug-likeness (QED) is 0.874. The predicted molar refractivity (Wildman–Crippen MR) is 70.4 cm³/mol. The molecule has 1 N–H and O–H groups in total. The first-order valence-electron chi connectivity index (χ1n) is 5.85. The summed E-state index contributed by atoms with van der Waals surface area (Å²) in [4.78, 5) is 0. The lowest BCUT2D eigenvalue weighted by molar-refractivity contribution is 0.127. The van der Waals surface area contributed by atoms with Gasteiger partial charge in [-0.1, -0.05) is 25.4 Å². The lowest BCUT2D eigenvalue weighted by Crippen LogP contribution is -2.01. The second-order valence-corrected chi connectivity index (χ2v) is 5.31. The van der Waals surface area contributed by atoms with Gasteiger partial charge in [0.2, 0.25) is 0 Å². The molecule has 0 aliphatic carbocycles. The third-order valence-electron chi connectivity index (χ3n) is 2.93. The van der Waals surface area contributed by atoms with Crippen molar-refractivity contribution in [2.24, 2.45) is 5.92 Å². The van der Waals surface area contributed by atoms with Crippen molar-refractivity contribution in [1.82, 2.24) is 0 Å². The molecule has 1 aromatic heterocycles. The maximum atomic E-state index is 10.1. The Labute approximate surface area is 106 Å². The molecule has 0 spiro atoms. The monoisotopic (exact) mass is 252 g/mol. The first-order chi connectivity index (χ1) is 7.99. The molecule has 0 aliphatic heterocycles. The van der Waals surface area contributed by atoms with Gasteiger partial charge in [0.25, 0.3) is 0 Å². The first kappa shape index (κ1) is 12.5. The van der Waals surface area contributed by atoms with E-state index in [1.807, 2.05) is 19.1 Å². The number of benzene rings is 1. The summed E-state index contributed by atoms with van der Waals surface area (Å²) in [5, 5.41) is 11.8. The fourth-order valence-corrected chi connectivity index (χ4v) is 2.26. The molecular weight excluding hydrogens is 236 g/mol. The van der Waals surface area contributed by atoms with Crippen molar-refractivity contribution in [3.63, 3.8) is 0 Å². The van der Waals surface area contributed by atoms with Crippen molar-refractivity contribution in [3.8, 4) is 0 Å². The van der Waals surface area contributed by atoms with E-state index in [-0.39, 0.29) is 0 Å². The smallest absolute Gasteiger partial charge is 0.136 e. The van der Waals surface area contributed by atoms with E-state index in [2.05, 4.69) is 13.8 Å². The van der Waals surface area contributed by atoms with E-state index in [0.29, 0.717) is 23.1 Å². The second kappa shape index (κ2) is 4.71. The molecule has 0 radical (unpaired) electrons. The summed E-state index contributed by atoms with van der Waals surface area (Å²) < 4.78 is 5.71. The van der Waals surface area contributed by atoms with Gasteiger partial charge in [-0.3, -0.25) is 0 Å². The van der Waals surface area contributed by atoms with Crippen LogP contribution in [-0.4, -0.2) is 5.11 Å². The fraction of sp³-hybridized carbons (Fsp3) is 0.429. The summed E-state index contributed by atoms with van der Waals surface area (Å²) in [6.45, 7) is 6.12. The zero-order valence-corrected chi connectivity index (χ0v) is 11.1. The van der Waals surface area contributed by atoms with Crippen LogP contribution in [0.2, 0.25) is 5.02 Å². The Kier molecular flexibility index (Phi) is 3.45. The normalized spacial score (nSPS) is 13.5. The van der Waals surface area contributed by atoms with Gasteiger partial charge < -0.3 is 9.52 Å². The first-order valence-corrected chi connectivity index (χ1v) is 6.23. The van der Waals surface area contributed by atoms with Crippen molar-refractivity contribution in [1.29, 1.82) is 0 Å². The van der Waals surface area contributed by atoms with Crippen LogP contribution in [-0.2, 0) is 0 Å². The Morgan fingerprint density at radius 1 is 1.35 bits per heavy atom. The number of furan rings is 1. The Morgan fingerprint density at radius 2 is 2.06 bits per heavy atom. The van der Waals surface area contributed by atoms with Crippen LogP contribution in [0.4, 0.5) is 0 Å². The molecular formula is C14H17ClO2. The summed E-state index contributed by atoms with van der Waals surface area (Å²) in [6, 6.07) is 5.52. The summed E-state index contributed by atoms with van der Waals surface area (Å²) in [5.41, 5.74) is 1.76. The van der Waals surface area contributed by atoms with Crippen molar-refractivity contribution in [2.75, 3.05) is 0 Å². The molecule has 0 amide bonds. The summed E-state index contributed by atoms with van der Waals surface area (Å²) in [6.07, 6.45) is 0.162. The predicted octanol–water partition coefficient (Wildman–Crippen LogP) is 4.47. The number of aryl methyl sites for hydroxylation is 1. The molecule has 0 aliphatic rings. The molecule has 2 nitrogen and oxygen atoms in total. The van der Waals surface area contributed by atoms with Gasteiger partial charge in [-0.05, 0) is 37.5 Å². The molecule has 0 saturated heterocycles. The lowest BCUT2D eigenvalue weighted by Gasteiger charge is -2.11. The van der Waals surface area contributed by atoms with Crippen LogP contribution >= 0.6 is 11.6 Å². The third-order valence-corrected chi connectivity index (χ3v) is 3.17. The van der Waals surface area contributed by atoms with Crippen LogP contribution in [0, 0.1) is 12.8 Å². The zero-order valence-electron chi connectivity index (χ0n) is 10.3. The summed E-state index contributed by atoms with van der Waals surface area (Å²) in [7, 11) is 0. The second-order valence-electron chi connectivity index (χ2n) is 4.88. The van der Waals surface area contributed by atoms with E-state index in [0.717, 1.165) is 16.5 Å². The van der Waals surface area contributed by atoms with Crippen LogP contribution < -0.4 is 0 Å². The SMILES string of the molecule is Cc1c(C(O)CC(C)C)oc2ccc(Cl)cc12. The average molecular weight is 253 g/mol. The van der Waals surface area contributed by atoms with Gasteiger partial charge >= 0.3 is 0 Å². The molecule has 3 heteroatoms. The van der Waals surface area contributed by atoms with Crippen LogP contribution in [0.25, 0.3) is 11.0 Å². The molecule has 0 saturated carbocycles. The number of aliphatic hydroxyl groups excluding tert-OH is 1. The number of fused-ring (bicyclic) bond motifs is 1. The molecule has 17 heavy (non-hydrogen) atoms. The number of halogens is 1. The topological polar surface area (TPSA) is 33.4 Å². The van der Waals surface area contributed by atoms with Gasteiger partial charge in [0.15, 0.2) is 0 Å². The minimum absolute atomic E-state index is 0.432. The molecule has 1 unspecified atom stereocenters. The standard InChI is InChI=1S/C14H17ClO2/c1-8(2)6-12(16)14-9(3)11-7-10(15)4-5-13(11)17-14/h4-5,7-8,12,16H,6H2,1-3H3. The van der Waals surface area contributed by atoms with E-state index in [1.165, 1.54) is 0 Å². The molecule has 92 valence electrons. The summed E-state index contributed by atoms with van der Waals surface area (Å²) >= 11 is 5.96. The van der Waals surface area contributed by atoms with Crippen molar-refractivity contribution in [2.45, 2.75) is 33.3 Å². The number of rotatable bonds is 3. The number of hydrogen-bond donors (Lipinski definition) is 1. The lowest BCUT2D eigenvalue weighted by atomic mass is 10.0. The highest BCUT2D eigenvalue weighted by Crippen LogP contribution is 2.33. The highest BCUT2D eigenvalue weighted by molar-refractivity contribution is 6.31. The van der Waals surface area contributed by atoms with Gasteiger partial charge in [0, 0.05) is 16.0 Å². The van der Waals surface area contributed by atoms with Crippen LogP contribution in [0.15, 0.2) is 22.6 Å². The number of hydrogen-bond acceptors (Lipinski definition) is 2. The van der Waals surface area contributed by atoms with Crippen molar-refractivity contribution < 1.29 is 9.52 Å². The summed E-state index contributed by atoms with van der Waals surface area (Å²) in [5.74, 6) is 1.09. The van der Waals surface area contributed by atoms with E-state index in [9.17, 15) is 5.11 Å². The Morgan fingerprint density at radius 3 is 2.71 bits per heavy atom. The number of aliphatic hydroxyl groups is 1.